The van der Waals surface area contributed by atoms with Gasteiger partial charge in [0.25, 0.3) is 0 Å². The molecular formula is C17H30N2. The smallest absolute Gasteiger partial charge is 0.0247 e. The Bertz CT molecular complexity index is 343. The van der Waals surface area contributed by atoms with Gasteiger partial charge in [-0.1, -0.05) is 13.8 Å². The average Bonchev–Trinajstić information content (AvgIpc) is 3.26. The van der Waals surface area contributed by atoms with Gasteiger partial charge in [0.2, 0.25) is 0 Å². The summed E-state index contributed by atoms with van der Waals surface area (Å²) in [4.78, 5) is 5.71. The third-order valence-corrected chi connectivity index (χ3v) is 6.46. The monoisotopic (exact) mass is 262 g/mol. The van der Waals surface area contributed by atoms with Gasteiger partial charge in [0.05, 0.1) is 0 Å². The quantitative estimate of drug-likeness (QED) is 0.768. The van der Waals surface area contributed by atoms with Crippen molar-refractivity contribution >= 4 is 0 Å². The van der Waals surface area contributed by atoms with Gasteiger partial charge in [-0.3, -0.25) is 9.80 Å². The molecule has 0 spiro atoms. The highest BCUT2D eigenvalue weighted by Gasteiger charge is 2.55. The maximum absolute atomic E-state index is 2.92. The van der Waals surface area contributed by atoms with Crippen molar-refractivity contribution in [2.24, 2.45) is 17.3 Å². The van der Waals surface area contributed by atoms with E-state index in [2.05, 4.69) is 23.6 Å². The molecule has 2 aliphatic heterocycles. The van der Waals surface area contributed by atoms with E-state index in [4.69, 9.17) is 0 Å². The van der Waals surface area contributed by atoms with Gasteiger partial charge in [0.15, 0.2) is 0 Å². The molecule has 0 bridgehead atoms. The van der Waals surface area contributed by atoms with Gasteiger partial charge in [0.1, 0.15) is 0 Å². The van der Waals surface area contributed by atoms with Crippen LogP contribution in [0.2, 0.25) is 0 Å². The Morgan fingerprint density at radius 2 is 1.89 bits per heavy atom. The highest BCUT2D eigenvalue weighted by Crippen LogP contribution is 2.61. The topological polar surface area (TPSA) is 6.48 Å². The lowest BCUT2D eigenvalue weighted by Crippen LogP contribution is -2.59. The zero-order chi connectivity index (χ0) is 13.0. The Morgan fingerprint density at radius 3 is 2.53 bits per heavy atom. The van der Waals surface area contributed by atoms with Crippen LogP contribution in [0.3, 0.4) is 0 Å². The molecule has 2 saturated carbocycles. The number of piperazine rings is 1. The Morgan fingerprint density at radius 1 is 1.11 bits per heavy atom. The van der Waals surface area contributed by atoms with E-state index in [-0.39, 0.29) is 0 Å². The van der Waals surface area contributed by atoms with E-state index >= 15 is 0 Å². The van der Waals surface area contributed by atoms with Crippen LogP contribution in [0.5, 0.6) is 0 Å². The third kappa shape index (κ3) is 2.25. The molecule has 4 aliphatic rings. The molecule has 2 unspecified atom stereocenters. The molecule has 0 aromatic heterocycles. The largest absolute Gasteiger partial charge is 0.298 e. The molecule has 0 radical (unpaired) electrons. The van der Waals surface area contributed by atoms with Crippen LogP contribution >= 0.6 is 0 Å². The van der Waals surface area contributed by atoms with Crippen LogP contribution in [0.15, 0.2) is 0 Å². The van der Waals surface area contributed by atoms with Crippen molar-refractivity contribution in [3.8, 4) is 0 Å². The van der Waals surface area contributed by atoms with Gasteiger partial charge in [-0.05, 0) is 62.3 Å². The van der Waals surface area contributed by atoms with Crippen molar-refractivity contribution in [1.29, 1.82) is 0 Å². The van der Waals surface area contributed by atoms with Crippen molar-refractivity contribution in [2.75, 3.05) is 26.2 Å². The number of hydrogen-bond donors (Lipinski definition) is 0. The van der Waals surface area contributed by atoms with Crippen molar-refractivity contribution in [3.05, 3.63) is 0 Å². The first kappa shape index (κ1) is 12.6. The fourth-order valence-electron chi connectivity index (χ4n) is 4.87. The molecule has 2 heteroatoms. The minimum absolute atomic E-state index is 0.786. The van der Waals surface area contributed by atoms with E-state index in [1.807, 2.05) is 0 Å². The zero-order valence-corrected chi connectivity index (χ0v) is 12.8. The average molecular weight is 262 g/mol. The van der Waals surface area contributed by atoms with Crippen molar-refractivity contribution in [1.82, 2.24) is 9.80 Å². The molecule has 108 valence electrons. The highest BCUT2D eigenvalue weighted by molar-refractivity contribution is 5.07. The molecule has 0 aromatic rings. The Balaban J connectivity index is 1.48. The van der Waals surface area contributed by atoms with E-state index in [9.17, 15) is 0 Å². The number of nitrogens with zero attached hydrogens (tertiary/aromatic N) is 2. The first-order chi connectivity index (χ1) is 9.18. The first-order valence-corrected chi connectivity index (χ1v) is 8.66. The summed E-state index contributed by atoms with van der Waals surface area (Å²) in [5.74, 6) is 1.93. The summed E-state index contributed by atoms with van der Waals surface area (Å²) in [6.07, 6.45) is 9.04. The second-order valence-corrected chi connectivity index (χ2v) is 8.17. The van der Waals surface area contributed by atoms with E-state index in [1.54, 1.807) is 0 Å². The van der Waals surface area contributed by atoms with E-state index in [0.29, 0.717) is 0 Å². The molecule has 0 N–H and O–H groups in total. The van der Waals surface area contributed by atoms with Gasteiger partial charge in [-0.2, -0.15) is 0 Å². The minimum atomic E-state index is 0.786. The molecule has 2 heterocycles. The van der Waals surface area contributed by atoms with E-state index in [0.717, 1.165) is 29.3 Å². The summed E-state index contributed by atoms with van der Waals surface area (Å²) in [7, 11) is 0. The zero-order valence-electron chi connectivity index (χ0n) is 12.8. The van der Waals surface area contributed by atoms with Crippen LogP contribution < -0.4 is 0 Å². The summed E-state index contributed by atoms with van der Waals surface area (Å²) in [6.45, 7) is 10.4. The Hall–Kier alpha value is -0.0800. The van der Waals surface area contributed by atoms with Gasteiger partial charge < -0.3 is 0 Å². The third-order valence-electron chi connectivity index (χ3n) is 6.46. The molecule has 2 aliphatic carbocycles. The van der Waals surface area contributed by atoms with Crippen LogP contribution in [0.4, 0.5) is 0 Å². The summed E-state index contributed by atoms with van der Waals surface area (Å²) < 4.78 is 0. The number of rotatable bonds is 4. The predicted molar refractivity (Wildman–Crippen MR) is 79.2 cm³/mol. The molecule has 4 fully saturated rings. The lowest BCUT2D eigenvalue weighted by atomic mass is 9.93. The lowest BCUT2D eigenvalue weighted by molar-refractivity contribution is 0.0135. The van der Waals surface area contributed by atoms with Crippen molar-refractivity contribution in [2.45, 2.75) is 64.5 Å². The van der Waals surface area contributed by atoms with Crippen LogP contribution in [0, 0.1) is 17.3 Å². The summed E-state index contributed by atoms with van der Waals surface area (Å²) in [5, 5.41) is 0. The maximum Gasteiger partial charge on any atom is 0.0247 e. The molecule has 2 atom stereocenters. The van der Waals surface area contributed by atoms with Gasteiger partial charge in [0, 0.05) is 31.7 Å². The molecule has 19 heavy (non-hydrogen) atoms. The Labute approximate surface area is 118 Å². The number of fused-ring (bicyclic) bond motifs is 1. The van der Waals surface area contributed by atoms with Gasteiger partial charge in [-0.15, -0.1) is 0 Å². The van der Waals surface area contributed by atoms with E-state index in [1.165, 1.54) is 64.7 Å². The van der Waals surface area contributed by atoms with Gasteiger partial charge >= 0.3 is 0 Å². The normalized spacial score (nSPS) is 38.7. The second-order valence-electron chi connectivity index (χ2n) is 8.17. The van der Waals surface area contributed by atoms with Crippen LogP contribution in [-0.4, -0.2) is 48.1 Å². The van der Waals surface area contributed by atoms with E-state index < -0.39 is 0 Å². The maximum atomic E-state index is 2.92. The molecule has 2 saturated heterocycles. The Kier molecular flexibility index (Phi) is 2.97. The van der Waals surface area contributed by atoms with Gasteiger partial charge in [-0.25, -0.2) is 0 Å². The summed E-state index contributed by atoms with van der Waals surface area (Å²) in [5.41, 5.74) is 0.786. The fourth-order valence-corrected chi connectivity index (χ4v) is 4.87. The summed E-state index contributed by atoms with van der Waals surface area (Å²) in [6, 6.07) is 1.72. The molecule has 2 nitrogen and oxygen atoms in total. The minimum Gasteiger partial charge on any atom is -0.298 e. The first-order valence-electron chi connectivity index (χ1n) is 8.66. The molecular weight excluding hydrogens is 232 g/mol. The highest BCUT2D eigenvalue weighted by atomic mass is 15.3. The van der Waals surface area contributed by atoms with Crippen molar-refractivity contribution < 1.29 is 0 Å². The van der Waals surface area contributed by atoms with Crippen LogP contribution in [0.1, 0.15) is 52.4 Å². The van der Waals surface area contributed by atoms with Crippen molar-refractivity contribution in [3.63, 3.8) is 0 Å². The standard InChI is InChI=1S/C17H30N2/c1-13(2)16-11-18-9-3-4-15(18)10-19(16)12-17(7-8-17)14-5-6-14/h13-16H,3-12H2,1-2H3. The second kappa shape index (κ2) is 4.46. The lowest BCUT2D eigenvalue weighted by Gasteiger charge is -2.47. The van der Waals surface area contributed by atoms with Crippen LogP contribution in [0.25, 0.3) is 0 Å². The number of hydrogen-bond acceptors (Lipinski definition) is 2. The van der Waals surface area contributed by atoms with Crippen LogP contribution in [-0.2, 0) is 0 Å². The predicted octanol–water partition coefficient (Wildman–Crippen LogP) is 2.98. The fraction of sp³-hybridized carbons (Fsp3) is 1.00. The molecule has 0 aromatic carbocycles. The SMILES string of the molecule is CC(C)C1CN2CCCC2CN1CC1(C2CC2)CC1. The summed E-state index contributed by atoms with van der Waals surface area (Å²) >= 11 is 0. The molecule has 4 rings (SSSR count). The molecule has 0 amide bonds.